The van der Waals surface area contributed by atoms with Crippen molar-refractivity contribution in [2.75, 3.05) is 20.4 Å². The van der Waals surface area contributed by atoms with Gasteiger partial charge in [-0.15, -0.1) is 0 Å². The Hall–Kier alpha value is -2.69. The summed E-state index contributed by atoms with van der Waals surface area (Å²) in [4.78, 5) is 1.92. The highest BCUT2D eigenvalue weighted by molar-refractivity contribution is 5.80. The Balaban J connectivity index is 1.71. The van der Waals surface area contributed by atoms with Crippen molar-refractivity contribution >= 4 is 5.96 Å². The normalized spacial score (nSPS) is 22.3. The third kappa shape index (κ3) is 2.29. The van der Waals surface area contributed by atoms with Crippen LogP contribution in [0, 0.1) is 5.41 Å². The second kappa shape index (κ2) is 4.91. The molecule has 0 amide bonds. The predicted molar refractivity (Wildman–Crippen MR) is 88.8 cm³/mol. The van der Waals surface area contributed by atoms with Crippen LogP contribution in [0.2, 0.25) is 0 Å². The molecule has 0 aliphatic carbocycles. The number of hydrogen-bond donors (Lipinski definition) is 2. The minimum atomic E-state index is -0.252. The first-order chi connectivity index (χ1) is 11.0. The summed E-state index contributed by atoms with van der Waals surface area (Å²) >= 11 is 0. The third-order valence-electron chi connectivity index (χ3n) is 4.54. The Morgan fingerprint density at radius 2 is 1.87 bits per heavy atom. The first-order valence-electron chi connectivity index (χ1n) is 7.64. The van der Waals surface area contributed by atoms with Crippen molar-refractivity contribution in [2.45, 2.75) is 12.5 Å². The monoisotopic (exact) mass is 309 g/mol. The van der Waals surface area contributed by atoms with E-state index < -0.39 is 0 Å². The second-order valence-corrected chi connectivity index (χ2v) is 6.31. The van der Waals surface area contributed by atoms with Gasteiger partial charge in [0.25, 0.3) is 0 Å². The molecule has 2 aliphatic rings. The Morgan fingerprint density at radius 3 is 2.65 bits per heavy atom. The standard InChI is InChI=1S/C18H19N3O2/c1-18(10-21(2)17(19)20-18)14-5-3-4-12(8-14)13-6-7-15-16(9-13)23-11-22-15/h3-9H,10-11H2,1-2H3,(H2,19,20). The van der Waals surface area contributed by atoms with Gasteiger partial charge in [-0.25, -0.2) is 0 Å². The van der Waals surface area contributed by atoms with Crippen LogP contribution in [0.15, 0.2) is 42.5 Å². The number of likely N-dealkylation sites (N-methyl/N-ethyl adjacent to an activating group) is 1. The molecule has 2 aromatic carbocycles. The van der Waals surface area contributed by atoms with Gasteiger partial charge in [-0.2, -0.15) is 0 Å². The van der Waals surface area contributed by atoms with Gasteiger partial charge in [0.15, 0.2) is 17.5 Å². The zero-order chi connectivity index (χ0) is 16.0. The Kier molecular flexibility index (Phi) is 2.98. The number of hydrogen-bond acceptors (Lipinski definition) is 3. The first kappa shape index (κ1) is 13.9. The summed E-state index contributed by atoms with van der Waals surface area (Å²) in [6.07, 6.45) is 0. The molecule has 5 heteroatoms. The molecular weight excluding hydrogens is 290 g/mol. The fourth-order valence-electron chi connectivity index (χ4n) is 3.23. The minimum Gasteiger partial charge on any atom is -0.454 e. The Labute approximate surface area is 135 Å². The minimum absolute atomic E-state index is 0.252. The van der Waals surface area contributed by atoms with E-state index in [1.54, 1.807) is 0 Å². The van der Waals surface area contributed by atoms with E-state index in [4.69, 9.17) is 14.9 Å². The second-order valence-electron chi connectivity index (χ2n) is 6.31. The van der Waals surface area contributed by atoms with Crippen molar-refractivity contribution < 1.29 is 9.47 Å². The van der Waals surface area contributed by atoms with E-state index in [-0.39, 0.29) is 12.3 Å². The number of nitrogens with one attached hydrogen (secondary N) is 2. The molecule has 2 aromatic rings. The van der Waals surface area contributed by atoms with Crippen LogP contribution in [0.5, 0.6) is 11.5 Å². The fraction of sp³-hybridized carbons (Fsp3) is 0.278. The van der Waals surface area contributed by atoms with Crippen LogP contribution in [0.25, 0.3) is 11.1 Å². The third-order valence-corrected chi connectivity index (χ3v) is 4.54. The Morgan fingerprint density at radius 1 is 1.09 bits per heavy atom. The summed E-state index contributed by atoms with van der Waals surface area (Å²) in [5.41, 5.74) is 3.14. The van der Waals surface area contributed by atoms with E-state index in [1.165, 1.54) is 5.56 Å². The molecule has 0 spiro atoms. The molecule has 23 heavy (non-hydrogen) atoms. The van der Waals surface area contributed by atoms with Crippen LogP contribution >= 0.6 is 0 Å². The molecule has 118 valence electrons. The molecule has 0 saturated carbocycles. The number of benzene rings is 2. The highest BCUT2D eigenvalue weighted by Gasteiger charge is 2.36. The summed E-state index contributed by atoms with van der Waals surface area (Å²) in [5.74, 6) is 2.05. The van der Waals surface area contributed by atoms with E-state index in [0.29, 0.717) is 5.96 Å². The molecule has 1 unspecified atom stereocenters. The van der Waals surface area contributed by atoms with Gasteiger partial charge < -0.3 is 19.7 Å². The molecule has 1 fully saturated rings. The van der Waals surface area contributed by atoms with Crippen LogP contribution < -0.4 is 14.8 Å². The summed E-state index contributed by atoms with van der Waals surface area (Å²) in [7, 11) is 1.93. The summed E-state index contributed by atoms with van der Waals surface area (Å²) < 4.78 is 10.8. The molecule has 2 N–H and O–H groups in total. The maximum Gasteiger partial charge on any atom is 0.231 e. The van der Waals surface area contributed by atoms with Crippen LogP contribution in [0.4, 0.5) is 0 Å². The van der Waals surface area contributed by atoms with Crippen molar-refractivity contribution in [3.63, 3.8) is 0 Å². The fourth-order valence-corrected chi connectivity index (χ4v) is 3.23. The smallest absolute Gasteiger partial charge is 0.231 e. The number of ether oxygens (including phenoxy) is 2. The number of guanidine groups is 1. The van der Waals surface area contributed by atoms with Gasteiger partial charge in [0.05, 0.1) is 5.54 Å². The highest BCUT2D eigenvalue weighted by atomic mass is 16.7. The number of rotatable bonds is 2. The lowest BCUT2D eigenvalue weighted by molar-refractivity contribution is 0.174. The molecule has 4 rings (SSSR count). The van der Waals surface area contributed by atoms with Gasteiger partial charge in [0.1, 0.15) is 0 Å². The van der Waals surface area contributed by atoms with E-state index in [9.17, 15) is 0 Å². The summed E-state index contributed by atoms with van der Waals surface area (Å²) in [6.45, 7) is 3.19. The first-order valence-corrected chi connectivity index (χ1v) is 7.64. The van der Waals surface area contributed by atoms with Crippen LogP contribution in [0.1, 0.15) is 12.5 Å². The van der Waals surface area contributed by atoms with E-state index in [1.807, 2.05) is 30.1 Å². The van der Waals surface area contributed by atoms with Gasteiger partial charge in [-0.1, -0.05) is 24.3 Å². The van der Waals surface area contributed by atoms with Gasteiger partial charge in [-0.3, -0.25) is 5.41 Å². The van der Waals surface area contributed by atoms with Gasteiger partial charge >= 0.3 is 0 Å². The maximum absolute atomic E-state index is 7.95. The zero-order valence-electron chi connectivity index (χ0n) is 13.2. The largest absolute Gasteiger partial charge is 0.454 e. The molecule has 2 aliphatic heterocycles. The maximum atomic E-state index is 7.95. The van der Waals surface area contributed by atoms with E-state index in [2.05, 4.69) is 36.5 Å². The lowest BCUT2D eigenvalue weighted by Gasteiger charge is -2.24. The van der Waals surface area contributed by atoms with Crippen molar-refractivity contribution in [2.24, 2.45) is 0 Å². The van der Waals surface area contributed by atoms with Crippen LogP contribution in [-0.2, 0) is 5.54 Å². The van der Waals surface area contributed by atoms with Crippen LogP contribution in [-0.4, -0.2) is 31.2 Å². The highest BCUT2D eigenvalue weighted by Crippen LogP contribution is 2.37. The molecule has 0 bridgehead atoms. The Bertz CT molecular complexity index is 790. The number of fused-ring (bicyclic) bond motifs is 1. The molecule has 1 atom stereocenters. The van der Waals surface area contributed by atoms with Gasteiger partial charge in [0.2, 0.25) is 6.79 Å². The average Bonchev–Trinajstić information content (AvgIpc) is 3.12. The van der Waals surface area contributed by atoms with Crippen LogP contribution in [0.3, 0.4) is 0 Å². The zero-order valence-corrected chi connectivity index (χ0v) is 13.2. The molecule has 5 nitrogen and oxygen atoms in total. The van der Waals surface area contributed by atoms with Crippen molar-refractivity contribution in [1.82, 2.24) is 10.2 Å². The lowest BCUT2D eigenvalue weighted by atomic mass is 9.90. The number of nitrogens with zero attached hydrogens (tertiary/aromatic N) is 1. The molecule has 2 heterocycles. The SMILES string of the molecule is CN1CC(C)(c2cccc(-c3ccc4c(c3)OCO4)c2)NC1=N. The summed E-state index contributed by atoms with van der Waals surface area (Å²) in [6, 6.07) is 14.4. The van der Waals surface area contributed by atoms with Crippen molar-refractivity contribution in [1.29, 1.82) is 5.41 Å². The average molecular weight is 309 g/mol. The topological polar surface area (TPSA) is 57.6 Å². The van der Waals surface area contributed by atoms with Crippen molar-refractivity contribution in [3.05, 3.63) is 48.0 Å². The predicted octanol–water partition coefficient (Wildman–Crippen LogP) is 2.77. The van der Waals surface area contributed by atoms with Crippen molar-refractivity contribution in [3.8, 4) is 22.6 Å². The lowest BCUT2D eigenvalue weighted by Crippen LogP contribution is -2.37. The van der Waals surface area contributed by atoms with E-state index >= 15 is 0 Å². The molecular formula is C18H19N3O2. The molecule has 0 aromatic heterocycles. The summed E-state index contributed by atoms with van der Waals surface area (Å²) in [5, 5.41) is 11.2. The van der Waals surface area contributed by atoms with E-state index in [0.717, 1.165) is 29.2 Å². The van der Waals surface area contributed by atoms with Gasteiger partial charge in [0, 0.05) is 13.6 Å². The quantitative estimate of drug-likeness (QED) is 0.895. The molecule has 0 radical (unpaired) electrons. The molecule has 1 saturated heterocycles. The van der Waals surface area contributed by atoms with Gasteiger partial charge in [-0.05, 0) is 41.8 Å².